The molecular formula is C6H10N2. The highest BCUT2D eigenvalue weighted by Crippen LogP contribution is 1.97. The topological polar surface area (TPSA) is 27.0 Å². The minimum atomic E-state index is 0.424. The summed E-state index contributed by atoms with van der Waals surface area (Å²) in [6.45, 7) is 3.65. The summed E-state index contributed by atoms with van der Waals surface area (Å²) in [5.74, 6) is 0. The Labute approximate surface area is 50.0 Å². The lowest BCUT2D eigenvalue weighted by Gasteiger charge is -2.11. The molecule has 0 spiro atoms. The summed E-state index contributed by atoms with van der Waals surface area (Å²) in [4.78, 5) is 1.84. The molecule has 0 rings (SSSR count). The monoisotopic (exact) mass is 110 g/mol. The summed E-state index contributed by atoms with van der Waals surface area (Å²) in [6, 6.07) is 2.01. The van der Waals surface area contributed by atoms with Crippen molar-refractivity contribution in [3.63, 3.8) is 0 Å². The molecule has 0 fully saturated rings. The molecule has 0 saturated carbocycles. The van der Waals surface area contributed by atoms with E-state index in [1.807, 2.05) is 25.1 Å². The van der Waals surface area contributed by atoms with Crippen molar-refractivity contribution in [2.45, 2.75) is 6.42 Å². The van der Waals surface area contributed by atoms with Crippen molar-refractivity contribution in [1.29, 1.82) is 5.26 Å². The molecule has 0 atom stereocenters. The Balaban J connectivity index is 3.53. The molecule has 0 heterocycles. The van der Waals surface area contributed by atoms with Crippen molar-refractivity contribution < 1.29 is 0 Å². The average molecular weight is 110 g/mol. The summed E-state index contributed by atoms with van der Waals surface area (Å²) in [7, 11) is 3.75. The van der Waals surface area contributed by atoms with Gasteiger partial charge in [0.1, 0.15) is 0 Å². The van der Waals surface area contributed by atoms with Crippen LogP contribution < -0.4 is 0 Å². The lowest BCUT2D eigenvalue weighted by Crippen LogP contribution is -2.08. The Kier molecular flexibility index (Phi) is 2.71. The fourth-order valence-corrected chi connectivity index (χ4v) is 0.249. The zero-order valence-electron chi connectivity index (χ0n) is 5.31. The molecule has 8 heavy (non-hydrogen) atoms. The molecule has 0 unspecified atom stereocenters. The van der Waals surface area contributed by atoms with E-state index in [2.05, 4.69) is 6.58 Å². The normalized spacial score (nSPS) is 7.62. The Hall–Kier alpha value is -0.970. The maximum Gasteiger partial charge on any atom is 0.0745 e. The van der Waals surface area contributed by atoms with Crippen molar-refractivity contribution in [1.82, 2.24) is 4.90 Å². The van der Waals surface area contributed by atoms with E-state index in [1.54, 1.807) is 0 Å². The number of rotatable bonds is 2. The van der Waals surface area contributed by atoms with E-state index in [0.717, 1.165) is 5.70 Å². The molecule has 2 heteroatoms. The summed E-state index contributed by atoms with van der Waals surface area (Å²) >= 11 is 0. The fourth-order valence-electron chi connectivity index (χ4n) is 0.249. The van der Waals surface area contributed by atoms with Crippen molar-refractivity contribution in [3.05, 3.63) is 12.3 Å². The van der Waals surface area contributed by atoms with E-state index in [4.69, 9.17) is 5.26 Å². The van der Waals surface area contributed by atoms with Crippen molar-refractivity contribution >= 4 is 0 Å². The molecule has 0 aromatic carbocycles. The van der Waals surface area contributed by atoms with Gasteiger partial charge in [-0.05, 0) is 0 Å². The molecule has 0 radical (unpaired) electrons. The van der Waals surface area contributed by atoms with Crippen LogP contribution in [0.15, 0.2) is 12.3 Å². The number of hydrogen-bond donors (Lipinski definition) is 0. The number of nitriles is 1. The van der Waals surface area contributed by atoms with Gasteiger partial charge in [-0.3, -0.25) is 0 Å². The van der Waals surface area contributed by atoms with Gasteiger partial charge in [0, 0.05) is 19.8 Å². The van der Waals surface area contributed by atoms with E-state index < -0.39 is 0 Å². The summed E-state index contributed by atoms with van der Waals surface area (Å²) in [6.07, 6.45) is 0.424. The predicted molar refractivity (Wildman–Crippen MR) is 33.1 cm³/mol. The Bertz CT molecular complexity index is 119. The van der Waals surface area contributed by atoms with Crippen LogP contribution >= 0.6 is 0 Å². The van der Waals surface area contributed by atoms with Crippen molar-refractivity contribution in [2.75, 3.05) is 14.1 Å². The van der Waals surface area contributed by atoms with Crippen LogP contribution in [0.2, 0.25) is 0 Å². The van der Waals surface area contributed by atoms with E-state index in [1.165, 1.54) is 0 Å². The van der Waals surface area contributed by atoms with Gasteiger partial charge in [-0.2, -0.15) is 5.26 Å². The lowest BCUT2D eigenvalue weighted by atomic mass is 10.3. The van der Waals surface area contributed by atoms with Crippen LogP contribution in [-0.4, -0.2) is 19.0 Å². The first-order valence-electron chi connectivity index (χ1n) is 2.40. The number of hydrogen-bond acceptors (Lipinski definition) is 2. The van der Waals surface area contributed by atoms with E-state index in [0.29, 0.717) is 6.42 Å². The minimum absolute atomic E-state index is 0.424. The third-order valence-corrected chi connectivity index (χ3v) is 0.916. The average Bonchev–Trinajstić information content (AvgIpc) is 1.67. The first-order valence-corrected chi connectivity index (χ1v) is 2.40. The molecule has 0 bridgehead atoms. The first-order chi connectivity index (χ1) is 3.68. The van der Waals surface area contributed by atoms with Crippen molar-refractivity contribution in [2.24, 2.45) is 0 Å². The standard InChI is InChI=1S/C6H10N2/c1-6(4-5-7)8(2)3/h1,4H2,2-3H3. The van der Waals surface area contributed by atoms with Gasteiger partial charge < -0.3 is 4.90 Å². The second kappa shape index (κ2) is 3.09. The zero-order valence-corrected chi connectivity index (χ0v) is 5.31. The first kappa shape index (κ1) is 7.03. The number of nitrogens with zero attached hydrogens (tertiary/aromatic N) is 2. The SMILES string of the molecule is C=C(CC#N)N(C)C. The zero-order chi connectivity index (χ0) is 6.57. The largest absolute Gasteiger partial charge is 0.381 e. The van der Waals surface area contributed by atoms with Crippen LogP contribution in [0.3, 0.4) is 0 Å². The molecule has 0 aliphatic carbocycles. The Morgan fingerprint density at radius 2 is 2.25 bits per heavy atom. The van der Waals surface area contributed by atoms with Gasteiger partial charge in [0.05, 0.1) is 12.5 Å². The Morgan fingerprint density at radius 1 is 1.75 bits per heavy atom. The predicted octanol–water partition coefficient (Wildman–Crippen LogP) is 0.975. The second-order valence-corrected chi connectivity index (χ2v) is 1.80. The van der Waals surface area contributed by atoms with E-state index in [-0.39, 0.29) is 0 Å². The third-order valence-electron chi connectivity index (χ3n) is 0.916. The van der Waals surface area contributed by atoms with Gasteiger partial charge in [0.15, 0.2) is 0 Å². The maximum atomic E-state index is 8.15. The van der Waals surface area contributed by atoms with Crippen LogP contribution in [0.4, 0.5) is 0 Å². The van der Waals surface area contributed by atoms with Gasteiger partial charge in [0.2, 0.25) is 0 Å². The van der Waals surface area contributed by atoms with Crippen LogP contribution in [0.5, 0.6) is 0 Å². The molecule has 0 N–H and O–H groups in total. The van der Waals surface area contributed by atoms with Gasteiger partial charge in [-0.1, -0.05) is 6.58 Å². The van der Waals surface area contributed by atoms with Crippen LogP contribution in [0.1, 0.15) is 6.42 Å². The smallest absolute Gasteiger partial charge is 0.0745 e. The van der Waals surface area contributed by atoms with E-state index >= 15 is 0 Å². The lowest BCUT2D eigenvalue weighted by molar-refractivity contribution is 0.505. The van der Waals surface area contributed by atoms with Crippen LogP contribution in [-0.2, 0) is 0 Å². The van der Waals surface area contributed by atoms with Crippen molar-refractivity contribution in [3.8, 4) is 6.07 Å². The fraction of sp³-hybridized carbons (Fsp3) is 0.500. The second-order valence-electron chi connectivity index (χ2n) is 1.80. The molecular weight excluding hydrogens is 100 g/mol. The highest BCUT2D eigenvalue weighted by molar-refractivity contribution is 4.98. The van der Waals surface area contributed by atoms with Gasteiger partial charge in [0.25, 0.3) is 0 Å². The summed E-state index contributed by atoms with van der Waals surface area (Å²) in [5.41, 5.74) is 0.854. The summed E-state index contributed by atoms with van der Waals surface area (Å²) in [5, 5.41) is 8.15. The van der Waals surface area contributed by atoms with Crippen LogP contribution in [0, 0.1) is 11.3 Å². The van der Waals surface area contributed by atoms with E-state index in [9.17, 15) is 0 Å². The van der Waals surface area contributed by atoms with Gasteiger partial charge >= 0.3 is 0 Å². The number of allylic oxidation sites excluding steroid dienone is 1. The molecule has 44 valence electrons. The maximum absolute atomic E-state index is 8.15. The minimum Gasteiger partial charge on any atom is -0.381 e. The molecule has 0 saturated heterocycles. The highest BCUT2D eigenvalue weighted by Gasteiger charge is 1.90. The molecule has 0 aliphatic rings. The van der Waals surface area contributed by atoms with Gasteiger partial charge in [-0.15, -0.1) is 0 Å². The molecule has 0 aromatic rings. The van der Waals surface area contributed by atoms with Gasteiger partial charge in [-0.25, -0.2) is 0 Å². The molecule has 0 aliphatic heterocycles. The molecule has 0 amide bonds. The molecule has 0 aromatic heterocycles. The third kappa shape index (κ3) is 2.25. The summed E-state index contributed by atoms with van der Waals surface area (Å²) < 4.78 is 0. The van der Waals surface area contributed by atoms with Crippen LogP contribution in [0.25, 0.3) is 0 Å². The Morgan fingerprint density at radius 3 is 2.38 bits per heavy atom. The quantitative estimate of drug-likeness (QED) is 0.529. The molecule has 2 nitrogen and oxygen atoms in total. The highest BCUT2D eigenvalue weighted by atomic mass is 15.1.